The first-order valence-electron chi connectivity index (χ1n) is 6.04. The van der Waals surface area contributed by atoms with Crippen LogP contribution in [0.25, 0.3) is 0 Å². The second-order valence-electron chi connectivity index (χ2n) is 4.73. The van der Waals surface area contributed by atoms with Crippen LogP contribution in [0, 0.1) is 19.8 Å². The molecule has 0 bridgehead atoms. The number of rotatable bonds is 3. The Morgan fingerprint density at radius 1 is 1.50 bits per heavy atom. The van der Waals surface area contributed by atoms with E-state index in [4.69, 9.17) is 10.2 Å². The van der Waals surface area contributed by atoms with E-state index in [2.05, 4.69) is 9.88 Å². The van der Waals surface area contributed by atoms with Crippen molar-refractivity contribution in [2.24, 2.45) is 11.7 Å². The Morgan fingerprint density at radius 3 is 2.94 bits per heavy atom. The van der Waals surface area contributed by atoms with E-state index in [1.807, 2.05) is 13.8 Å². The van der Waals surface area contributed by atoms with Crippen LogP contribution in [-0.2, 0) is 6.54 Å². The zero-order valence-electron chi connectivity index (χ0n) is 10.2. The molecule has 0 aromatic carbocycles. The summed E-state index contributed by atoms with van der Waals surface area (Å²) < 4.78 is 5.60. The lowest BCUT2D eigenvalue weighted by molar-refractivity contribution is 0.157. The van der Waals surface area contributed by atoms with Gasteiger partial charge in [0.15, 0.2) is 0 Å². The number of piperidine rings is 1. The Kier molecular flexibility index (Phi) is 3.61. The van der Waals surface area contributed by atoms with Gasteiger partial charge in [0.25, 0.3) is 0 Å². The van der Waals surface area contributed by atoms with Crippen LogP contribution in [0.2, 0.25) is 0 Å². The fourth-order valence-corrected chi connectivity index (χ4v) is 2.29. The van der Waals surface area contributed by atoms with Crippen molar-refractivity contribution in [3.05, 3.63) is 17.3 Å². The molecule has 0 spiro atoms. The van der Waals surface area contributed by atoms with Crippen LogP contribution in [0.1, 0.15) is 30.2 Å². The monoisotopic (exact) mass is 223 g/mol. The second kappa shape index (κ2) is 4.97. The number of oxazole rings is 1. The van der Waals surface area contributed by atoms with Crippen molar-refractivity contribution < 1.29 is 4.42 Å². The molecular formula is C12H21N3O. The highest BCUT2D eigenvalue weighted by Crippen LogP contribution is 2.18. The van der Waals surface area contributed by atoms with Gasteiger partial charge < -0.3 is 10.2 Å². The third kappa shape index (κ3) is 2.62. The molecule has 1 unspecified atom stereocenters. The number of aryl methyl sites for hydroxylation is 2. The van der Waals surface area contributed by atoms with Crippen molar-refractivity contribution >= 4 is 0 Å². The topological polar surface area (TPSA) is 55.3 Å². The number of aromatic nitrogens is 1. The lowest BCUT2D eigenvalue weighted by Gasteiger charge is -2.30. The fourth-order valence-electron chi connectivity index (χ4n) is 2.29. The van der Waals surface area contributed by atoms with Gasteiger partial charge in [-0.25, -0.2) is 4.98 Å². The third-order valence-electron chi connectivity index (χ3n) is 3.37. The maximum atomic E-state index is 5.72. The third-order valence-corrected chi connectivity index (χ3v) is 3.37. The summed E-state index contributed by atoms with van der Waals surface area (Å²) in [4.78, 5) is 6.81. The highest BCUT2D eigenvalue weighted by atomic mass is 16.4. The molecule has 1 saturated heterocycles. The lowest BCUT2D eigenvalue weighted by atomic mass is 9.98. The molecule has 90 valence electrons. The van der Waals surface area contributed by atoms with Crippen LogP contribution in [0.4, 0.5) is 0 Å². The zero-order chi connectivity index (χ0) is 11.5. The summed E-state index contributed by atoms with van der Waals surface area (Å²) in [6.45, 7) is 7.78. The van der Waals surface area contributed by atoms with E-state index in [1.165, 1.54) is 12.8 Å². The van der Waals surface area contributed by atoms with Crippen molar-refractivity contribution in [3.8, 4) is 0 Å². The summed E-state index contributed by atoms with van der Waals surface area (Å²) in [5.41, 5.74) is 6.72. The molecule has 1 aromatic heterocycles. The first-order valence-corrected chi connectivity index (χ1v) is 6.04. The highest BCUT2D eigenvalue weighted by Gasteiger charge is 2.20. The van der Waals surface area contributed by atoms with Gasteiger partial charge in [-0.1, -0.05) is 0 Å². The number of likely N-dealkylation sites (tertiary alicyclic amines) is 1. The summed E-state index contributed by atoms with van der Waals surface area (Å²) in [6.07, 6.45) is 2.50. The number of hydrogen-bond acceptors (Lipinski definition) is 4. The van der Waals surface area contributed by atoms with Crippen LogP contribution in [-0.4, -0.2) is 29.5 Å². The maximum absolute atomic E-state index is 5.72. The van der Waals surface area contributed by atoms with E-state index in [0.717, 1.165) is 43.5 Å². The van der Waals surface area contributed by atoms with Gasteiger partial charge in [0, 0.05) is 6.54 Å². The predicted octanol–water partition coefficient (Wildman–Crippen LogP) is 1.46. The van der Waals surface area contributed by atoms with Crippen molar-refractivity contribution in [1.82, 2.24) is 9.88 Å². The average molecular weight is 223 g/mol. The Morgan fingerprint density at radius 2 is 2.31 bits per heavy atom. The molecule has 4 nitrogen and oxygen atoms in total. The maximum Gasteiger partial charge on any atom is 0.208 e. The van der Waals surface area contributed by atoms with Crippen LogP contribution >= 0.6 is 0 Å². The molecule has 2 heterocycles. The van der Waals surface area contributed by atoms with Crippen LogP contribution in [0.3, 0.4) is 0 Å². The molecule has 4 heteroatoms. The first kappa shape index (κ1) is 11.6. The number of hydrogen-bond donors (Lipinski definition) is 1. The Balaban J connectivity index is 1.93. The van der Waals surface area contributed by atoms with Crippen molar-refractivity contribution in [3.63, 3.8) is 0 Å². The summed E-state index contributed by atoms with van der Waals surface area (Å²) in [5, 5.41) is 0. The summed E-state index contributed by atoms with van der Waals surface area (Å²) in [5.74, 6) is 2.42. The lowest BCUT2D eigenvalue weighted by Crippen LogP contribution is -2.37. The van der Waals surface area contributed by atoms with Crippen molar-refractivity contribution in [2.45, 2.75) is 33.2 Å². The van der Waals surface area contributed by atoms with Crippen LogP contribution in [0.15, 0.2) is 4.42 Å². The molecule has 1 aliphatic rings. The predicted molar refractivity (Wildman–Crippen MR) is 63.0 cm³/mol. The minimum absolute atomic E-state index is 0.644. The van der Waals surface area contributed by atoms with Gasteiger partial charge >= 0.3 is 0 Å². The molecule has 1 aliphatic heterocycles. The fraction of sp³-hybridized carbons (Fsp3) is 0.750. The highest BCUT2D eigenvalue weighted by molar-refractivity contribution is 5.05. The van der Waals surface area contributed by atoms with Gasteiger partial charge in [-0.2, -0.15) is 0 Å². The van der Waals surface area contributed by atoms with Gasteiger partial charge in [-0.3, -0.25) is 4.90 Å². The van der Waals surface area contributed by atoms with E-state index < -0.39 is 0 Å². The zero-order valence-corrected chi connectivity index (χ0v) is 10.2. The normalized spacial score (nSPS) is 22.6. The number of nitrogens with zero attached hydrogens (tertiary/aromatic N) is 2. The Hall–Kier alpha value is -0.870. The van der Waals surface area contributed by atoms with Crippen LogP contribution in [0.5, 0.6) is 0 Å². The van der Waals surface area contributed by atoms with E-state index in [1.54, 1.807) is 0 Å². The molecule has 1 fully saturated rings. The molecule has 1 aromatic rings. The molecule has 0 saturated carbocycles. The van der Waals surface area contributed by atoms with E-state index in [-0.39, 0.29) is 0 Å². The largest absolute Gasteiger partial charge is 0.444 e. The second-order valence-corrected chi connectivity index (χ2v) is 4.73. The smallest absolute Gasteiger partial charge is 0.208 e. The minimum atomic E-state index is 0.644. The first-order chi connectivity index (χ1) is 7.69. The molecule has 0 aliphatic carbocycles. The Bertz CT molecular complexity index is 329. The van der Waals surface area contributed by atoms with Crippen molar-refractivity contribution in [2.75, 3.05) is 19.6 Å². The van der Waals surface area contributed by atoms with E-state index >= 15 is 0 Å². The summed E-state index contributed by atoms with van der Waals surface area (Å²) >= 11 is 0. The SMILES string of the molecule is Cc1nc(CN2CCCC(CN)C2)oc1C. The molecule has 1 atom stereocenters. The molecular weight excluding hydrogens is 202 g/mol. The van der Waals surface area contributed by atoms with Crippen LogP contribution < -0.4 is 5.73 Å². The minimum Gasteiger partial charge on any atom is -0.444 e. The molecule has 0 amide bonds. The van der Waals surface area contributed by atoms with Gasteiger partial charge in [-0.05, 0) is 45.7 Å². The standard InChI is InChI=1S/C12H21N3O/c1-9-10(2)16-12(14-9)8-15-5-3-4-11(6-13)7-15/h11H,3-8,13H2,1-2H3. The average Bonchev–Trinajstić information content (AvgIpc) is 2.58. The quantitative estimate of drug-likeness (QED) is 0.843. The Labute approximate surface area is 96.8 Å². The molecule has 0 radical (unpaired) electrons. The summed E-state index contributed by atoms with van der Waals surface area (Å²) in [7, 11) is 0. The van der Waals surface area contributed by atoms with E-state index in [9.17, 15) is 0 Å². The molecule has 16 heavy (non-hydrogen) atoms. The number of nitrogens with two attached hydrogens (primary N) is 1. The molecule has 2 rings (SSSR count). The summed E-state index contributed by atoms with van der Waals surface area (Å²) in [6, 6.07) is 0. The van der Waals surface area contributed by atoms with Gasteiger partial charge in [0.05, 0.1) is 12.2 Å². The van der Waals surface area contributed by atoms with Gasteiger partial charge in [0.2, 0.25) is 5.89 Å². The van der Waals surface area contributed by atoms with Gasteiger partial charge in [0.1, 0.15) is 5.76 Å². The van der Waals surface area contributed by atoms with Crippen molar-refractivity contribution in [1.29, 1.82) is 0 Å². The van der Waals surface area contributed by atoms with Gasteiger partial charge in [-0.15, -0.1) is 0 Å². The van der Waals surface area contributed by atoms with E-state index in [0.29, 0.717) is 5.92 Å². The molecule has 2 N–H and O–H groups in total.